The molecule has 2 heterocycles. The van der Waals surface area contributed by atoms with E-state index in [2.05, 4.69) is 20.6 Å². The minimum Gasteiger partial charge on any atom is -0.477 e. The summed E-state index contributed by atoms with van der Waals surface area (Å²) in [7, 11) is 1.57. The van der Waals surface area contributed by atoms with Crippen LogP contribution in [0.25, 0.3) is 22.0 Å². The molecule has 2 aromatic heterocycles. The summed E-state index contributed by atoms with van der Waals surface area (Å²) in [6, 6.07) is 18.4. The number of rotatable bonds is 5. The molecule has 0 spiro atoms. The molecular formula is C23H18N4O3. The van der Waals surface area contributed by atoms with Crippen LogP contribution >= 0.6 is 0 Å². The summed E-state index contributed by atoms with van der Waals surface area (Å²) in [6.07, 6.45) is 3.07. The first-order valence-corrected chi connectivity index (χ1v) is 9.23. The first-order chi connectivity index (χ1) is 14.6. The van der Waals surface area contributed by atoms with Crippen LogP contribution in [0.4, 0.5) is 11.4 Å². The molecule has 0 bridgehead atoms. The number of carboxylic acid groups (broad SMARTS) is 1. The summed E-state index contributed by atoms with van der Waals surface area (Å²) in [6.45, 7) is 0. The van der Waals surface area contributed by atoms with Crippen molar-refractivity contribution in [2.24, 2.45) is 0 Å². The summed E-state index contributed by atoms with van der Waals surface area (Å²) < 4.78 is 0. The number of hydrogen-bond donors (Lipinski definition) is 3. The Kier molecular flexibility index (Phi) is 5.09. The quantitative estimate of drug-likeness (QED) is 0.468. The van der Waals surface area contributed by atoms with Gasteiger partial charge >= 0.3 is 5.97 Å². The number of fused-ring (bicyclic) bond motifs is 1. The second-order valence-electron chi connectivity index (χ2n) is 6.59. The molecule has 4 rings (SSSR count). The fraction of sp³-hybridized carbons (Fsp3) is 0.0435. The van der Waals surface area contributed by atoms with Crippen LogP contribution in [0, 0.1) is 0 Å². The number of carboxylic acids is 1. The van der Waals surface area contributed by atoms with Gasteiger partial charge < -0.3 is 15.7 Å². The van der Waals surface area contributed by atoms with E-state index < -0.39 is 5.97 Å². The molecule has 1 amide bonds. The number of carbonyl (C=O) groups excluding carboxylic acids is 1. The van der Waals surface area contributed by atoms with Crippen molar-refractivity contribution in [3.05, 3.63) is 84.3 Å². The third-order valence-corrected chi connectivity index (χ3v) is 4.70. The number of aromatic carboxylic acids is 1. The molecule has 0 atom stereocenters. The molecule has 0 saturated carbocycles. The van der Waals surface area contributed by atoms with Crippen LogP contribution in [-0.2, 0) is 0 Å². The second kappa shape index (κ2) is 8.00. The molecule has 7 nitrogen and oxygen atoms in total. The van der Waals surface area contributed by atoms with E-state index in [1.165, 1.54) is 12.3 Å². The lowest BCUT2D eigenvalue weighted by atomic mass is 10.0. The van der Waals surface area contributed by atoms with Gasteiger partial charge in [-0.3, -0.25) is 9.78 Å². The lowest BCUT2D eigenvalue weighted by Crippen LogP contribution is -2.19. The van der Waals surface area contributed by atoms with E-state index in [1.807, 2.05) is 48.5 Å². The Bertz CT molecular complexity index is 1240. The van der Waals surface area contributed by atoms with Crippen molar-refractivity contribution in [3.8, 4) is 11.1 Å². The second-order valence-corrected chi connectivity index (χ2v) is 6.59. The fourth-order valence-electron chi connectivity index (χ4n) is 3.17. The average molecular weight is 398 g/mol. The lowest BCUT2D eigenvalue weighted by Gasteiger charge is -2.15. The van der Waals surface area contributed by atoms with Crippen LogP contribution in [0.1, 0.15) is 20.8 Å². The predicted octanol–water partition coefficient (Wildman–Crippen LogP) is 4.10. The Labute approximate surface area is 172 Å². The zero-order valence-corrected chi connectivity index (χ0v) is 16.1. The fourth-order valence-corrected chi connectivity index (χ4v) is 3.17. The number of aromatic nitrogens is 2. The van der Waals surface area contributed by atoms with Gasteiger partial charge in [-0.15, -0.1) is 0 Å². The summed E-state index contributed by atoms with van der Waals surface area (Å²) in [5.74, 6) is -1.32. The minimum absolute atomic E-state index is 0.0189. The van der Waals surface area contributed by atoms with E-state index in [-0.39, 0.29) is 11.6 Å². The monoisotopic (exact) mass is 398 g/mol. The number of nitrogens with zero attached hydrogens (tertiary/aromatic N) is 2. The van der Waals surface area contributed by atoms with Gasteiger partial charge in [-0.2, -0.15) is 0 Å². The molecule has 0 unspecified atom stereocenters. The van der Waals surface area contributed by atoms with Gasteiger partial charge in [0.25, 0.3) is 5.91 Å². The van der Waals surface area contributed by atoms with Crippen molar-refractivity contribution in [1.82, 2.24) is 15.3 Å². The largest absolute Gasteiger partial charge is 0.477 e. The summed E-state index contributed by atoms with van der Waals surface area (Å²) in [4.78, 5) is 31.9. The zero-order chi connectivity index (χ0) is 21.1. The van der Waals surface area contributed by atoms with Crippen molar-refractivity contribution in [2.75, 3.05) is 12.4 Å². The third-order valence-electron chi connectivity index (χ3n) is 4.70. The number of anilines is 2. The van der Waals surface area contributed by atoms with Crippen molar-refractivity contribution < 1.29 is 14.7 Å². The number of carbonyl (C=O) groups is 2. The Balaban J connectivity index is 1.87. The number of para-hydroxylation sites is 1. The van der Waals surface area contributed by atoms with Gasteiger partial charge in [0, 0.05) is 36.1 Å². The maximum Gasteiger partial charge on any atom is 0.354 e. The van der Waals surface area contributed by atoms with Crippen molar-refractivity contribution in [2.45, 2.75) is 0 Å². The SMILES string of the molecule is CNC(=O)c1cnc2ccc(-c3ccc(C(=O)O)nc3)cc2c1Nc1ccccc1. The van der Waals surface area contributed by atoms with Crippen molar-refractivity contribution >= 4 is 34.2 Å². The first kappa shape index (κ1) is 19.1. The molecular weight excluding hydrogens is 380 g/mol. The van der Waals surface area contributed by atoms with E-state index >= 15 is 0 Å². The molecule has 4 aromatic rings. The molecule has 0 aliphatic carbocycles. The topological polar surface area (TPSA) is 104 Å². The van der Waals surface area contributed by atoms with Crippen LogP contribution in [-0.4, -0.2) is 34.0 Å². The number of nitrogens with one attached hydrogen (secondary N) is 2. The van der Waals surface area contributed by atoms with Crippen LogP contribution in [0.3, 0.4) is 0 Å². The van der Waals surface area contributed by atoms with E-state index in [1.54, 1.807) is 19.3 Å². The van der Waals surface area contributed by atoms with Gasteiger partial charge in [-0.1, -0.05) is 30.3 Å². The molecule has 0 aliphatic rings. The van der Waals surface area contributed by atoms with Gasteiger partial charge in [-0.25, -0.2) is 9.78 Å². The predicted molar refractivity (Wildman–Crippen MR) is 115 cm³/mol. The minimum atomic E-state index is -1.08. The van der Waals surface area contributed by atoms with E-state index in [0.717, 1.165) is 27.7 Å². The average Bonchev–Trinajstić information content (AvgIpc) is 2.79. The molecule has 7 heteroatoms. The molecule has 3 N–H and O–H groups in total. The third kappa shape index (κ3) is 3.68. The van der Waals surface area contributed by atoms with Gasteiger partial charge in [0.05, 0.1) is 16.8 Å². The summed E-state index contributed by atoms with van der Waals surface area (Å²) >= 11 is 0. The van der Waals surface area contributed by atoms with E-state index in [9.17, 15) is 9.59 Å². The Morgan fingerprint density at radius 3 is 2.33 bits per heavy atom. The molecule has 0 aliphatic heterocycles. The summed E-state index contributed by atoms with van der Waals surface area (Å²) in [5.41, 5.74) is 4.20. The van der Waals surface area contributed by atoms with Crippen molar-refractivity contribution in [1.29, 1.82) is 0 Å². The van der Waals surface area contributed by atoms with Gasteiger partial charge in [0.2, 0.25) is 0 Å². The smallest absolute Gasteiger partial charge is 0.354 e. The number of pyridine rings is 2. The van der Waals surface area contributed by atoms with Crippen LogP contribution in [0.2, 0.25) is 0 Å². The van der Waals surface area contributed by atoms with Crippen LogP contribution in [0.5, 0.6) is 0 Å². The first-order valence-electron chi connectivity index (χ1n) is 9.23. The summed E-state index contributed by atoms with van der Waals surface area (Å²) in [5, 5.41) is 15.8. The molecule has 0 radical (unpaired) electrons. The Morgan fingerprint density at radius 1 is 0.900 bits per heavy atom. The molecule has 0 fully saturated rings. The Morgan fingerprint density at radius 2 is 1.67 bits per heavy atom. The van der Waals surface area contributed by atoms with Gasteiger partial charge in [-0.05, 0) is 35.9 Å². The van der Waals surface area contributed by atoms with E-state index in [4.69, 9.17) is 5.11 Å². The van der Waals surface area contributed by atoms with Crippen LogP contribution in [0.15, 0.2) is 73.1 Å². The molecule has 0 saturated heterocycles. The van der Waals surface area contributed by atoms with Crippen molar-refractivity contribution in [3.63, 3.8) is 0 Å². The highest BCUT2D eigenvalue weighted by Crippen LogP contribution is 2.32. The number of amides is 1. The maximum atomic E-state index is 12.5. The molecule has 148 valence electrons. The normalized spacial score (nSPS) is 10.6. The standard InChI is InChI=1S/C23H18N4O3/c1-24-22(28)18-13-26-19-9-7-14(15-8-10-20(23(29)30)25-12-15)11-17(19)21(18)27-16-5-3-2-4-6-16/h2-13H,1H3,(H,24,28)(H,26,27)(H,29,30). The molecule has 2 aromatic carbocycles. The highest BCUT2D eigenvalue weighted by atomic mass is 16.4. The zero-order valence-electron chi connectivity index (χ0n) is 16.1. The number of benzene rings is 2. The maximum absolute atomic E-state index is 12.5. The van der Waals surface area contributed by atoms with Crippen LogP contribution < -0.4 is 10.6 Å². The lowest BCUT2D eigenvalue weighted by molar-refractivity contribution is 0.0690. The van der Waals surface area contributed by atoms with E-state index in [0.29, 0.717) is 11.3 Å². The highest BCUT2D eigenvalue weighted by Gasteiger charge is 2.16. The number of hydrogen-bond acceptors (Lipinski definition) is 5. The Hall–Kier alpha value is -4.26. The van der Waals surface area contributed by atoms with Gasteiger partial charge in [0.15, 0.2) is 0 Å². The van der Waals surface area contributed by atoms with Gasteiger partial charge in [0.1, 0.15) is 5.69 Å². The molecule has 30 heavy (non-hydrogen) atoms. The highest BCUT2D eigenvalue weighted by molar-refractivity contribution is 6.08.